The zero-order chi connectivity index (χ0) is 21.5. The topological polar surface area (TPSA) is 78.8 Å². The maximum absolute atomic E-state index is 13.0. The van der Waals surface area contributed by atoms with E-state index in [4.69, 9.17) is 11.6 Å². The molecule has 4 rings (SSSR count). The minimum Gasteiger partial charge on any atom is -0.345 e. The van der Waals surface area contributed by atoms with Crippen LogP contribution in [0.5, 0.6) is 0 Å². The number of aryl methyl sites for hydroxylation is 1. The second kappa shape index (κ2) is 8.04. The third-order valence-corrected chi connectivity index (χ3v) is 7.33. The molecule has 1 N–H and O–H groups in total. The van der Waals surface area contributed by atoms with E-state index in [2.05, 4.69) is 9.71 Å². The van der Waals surface area contributed by atoms with E-state index in [9.17, 15) is 13.2 Å². The number of hydrogen-bond acceptors (Lipinski definition) is 4. The summed E-state index contributed by atoms with van der Waals surface area (Å²) in [5, 5.41) is 3.15. The molecule has 2 heterocycles. The molecule has 2 aliphatic heterocycles. The lowest BCUT2D eigenvalue weighted by molar-refractivity contribution is 0.0940. The van der Waals surface area contributed by atoms with Crippen LogP contribution in [0.25, 0.3) is 0 Å². The van der Waals surface area contributed by atoms with E-state index in [1.54, 1.807) is 6.07 Å². The largest absolute Gasteiger partial charge is 0.345 e. The number of nitrogens with zero attached hydrogens (tertiary/aromatic N) is 2. The van der Waals surface area contributed by atoms with Gasteiger partial charge in [-0.1, -0.05) is 42.3 Å². The molecule has 1 amide bonds. The molecule has 158 valence electrons. The zero-order valence-corrected chi connectivity index (χ0v) is 18.6. The summed E-state index contributed by atoms with van der Waals surface area (Å²) in [6, 6.07) is 10.5. The highest BCUT2D eigenvalue weighted by atomic mass is 35.5. The molecule has 2 aromatic rings. The lowest BCUT2D eigenvalue weighted by atomic mass is 10.0. The highest BCUT2D eigenvalue weighted by Gasteiger charge is 2.33. The number of halogens is 1. The Balaban J connectivity index is 1.69. The standard InChI is InChI=1S/C22H24ClN3O3S/c1-14-8-5-6-9-16(14)15(2)24-22(27)17-12-20-19(13-18(17)23)26-11-7-3-4-10-21(26)25-30(20,28)29/h5-6,8-9,12-13,15H,3-4,7,10-11H2,1-2H3,(H,24,27). The highest BCUT2D eigenvalue weighted by molar-refractivity contribution is 7.90. The van der Waals surface area contributed by atoms with Gasteiger partial charge in [0.2, 0.25) is 0 Å². The Labute approximate surface area is 182 Å². The Morgan fingerprint density at radius 1 is 1.20 bits per heavy atom. The van der Waals surface area contributed by atoms with Crippen LogP contribution in [0.4, 0.5) is 5.69 Å². The average molecular weight is 446 g/mol. The minimum atomic E-state index is -3.88. The molecule has 1 unspecified atom stereocenters. The Kier molecular flexibility index (Phi) is 5.59. The van der Waals surface area contributed by atoms with Crippen LogP contribution in [0.15, 0.2) is 45.7 Å². The quantitative estimate of drug-likeness (QED) is 0.747. The van der Waals surface area contributed by atoms with Crippen molar-refractivity contribution in [3.05, 3.63) is 58.1 Å². The Hall–Kier alpha value is -2.38. The van der Waals surface area contributed by atoms with Crippen molar-refractivity contribution in [1.29, 1.82) is 0 Å². The number of carbonyl (C=O) groups is 1. The molecule has 1 atom stereocenters. The first-order valence-electron chi connectivity index (χ1n) is 10.1. The molecular formula is C22H24ClN3O3S. The molecule has 0 spiro atoms. The molecule has 8 heteroatoms. The predicted octanol–water partition coefficient (Wildman–Crippen LogP) is 4.62. The summed E-state index contributed by atoms with van der Waals surface area (Å²) >= 11 is 6.46. The molecule has 6 nitrogen and oxygen atoms in total. The number of benzene rings is 2. The van der Waals surface area contributed by atoms with E-state index < -0.39 is 15.9 Å². The van der Waals surface area contributed by atoms with Gasteiger partial charge in [0.25, 0.3) is 15.9 Å². The van der Waals surface area contributed by atoms with Crippen molar-refractivity contribution in [2.75, 3.05) is 11.4 Å². The molecule has 1 saturated heterocycles. The second-order valence-corrected chi connectivity index (χ2v) is 9.78. The molecule has 0 aromatic heterocycles. The van der Waals surface area contributed by atoms with Gasteiger partial charge in [-0.2, -0.15) is 8.42 Å². The monoisotopic (exact) mass is 445 g/mol. The lowest BCUT2D eigenvalue weighted by Crippen LogP contribution is -2.35. The van der Waals surface area contributed by atoms with Gasteiger partial charge in [-0.05, 0) is 49.9 Å². The number of rotatable bonds is 3. The third kappa shape index (κ3) is 3.84. The van der Waals surface area contributed by atoms with E-state index in [1.807, 2.05) is 43.0 Å². The number of carbonyl (C=O) groups excluding carboxylic acids is 1. The number of amides is 1. The summed E-state index contributed by atoms with van der Waals surface area (Å²) in [4.78, 5) is 14.9. The number of nitrogens with one attached hydrogen (secondary N) is 1. The summed E-state index contributed by atoms with van der Waals surface area (Å²) < 4.78 is 29.7. The van der Waals surface area contributed by atoms with Crippen LogP contribution in [-0.2, 0) is 10.0 Å². The number of sulfonamides is 1. The molecule has 0 aliphatic carbocycles. The number of amidine groups is 1. The van der Waals surface area contributed by atoms with Gasteiger partial charge in [0, 0.05) is 13.0 Å². The van der Waals surface area contributed by atoms with Crippen LogP contribution in [-0.4, -0.2) is 26.7 Å². The van der Waals surface area contributed by atoms with E-state index in [1.165, 1.54) is 6.07 Å². The first kappa shape index (κ1) is 20.9. The molecule has 2 aliphatic rings. The predicted molar refractivity (Wildman–Crippen MR) is 119 cm³/mol. The van der Waals surface area contributed by atoms with Gasteiger partial charge in [-0.25, -0.2) is 0 Å². The van der Waals surface area contributed by atoms with Crippen molar-refractivity contribution in [1.82, 2.24) is 5.32 Å². The van der Waals surface area contributed by atoms with Crippen molar-refractivity contribution in [3.8, 4) is 0 Å². The molecule has 0 bridgehead atoms. The van der Waals surface area contributed by atoms with Gasteiger partial charge < -0.3 is 10.2 Å². The van der Waals surface area contributed by atoms with Crippen molar-refractivity contribution in [2.24, 2.45) is 4.40 Å². The van der Waals surface area contributed by atoms with Gasteiger partial charge in [-0.15, -0.1) is 4.40 Å². The van der Waals surface area contributed by atoms with Crippen molar-refractivity contribution in [3.63, 3.8) is 0 Å². The first-order chi connectivity index (χ1) is 14.3. The van der Waals surface area contributed by atoms with E-state index in [0.717, 1.165) is 30.4 Å². The Bertz CT molecular complexity index is 1140. The summed E-state index contributed by atoms with van der Waals surface area (Å²) in [6.07, 6.45) is 3.50. The van der Waals surface area contributed by atoms with Crippen LogP contribution in [0, 0.1) is 6.92 Å². The van der Waals surface area contributed by atoms with Crippen molar-refractivity contribution in [2.45, 2.75) is 50.5 Å². The molecule has 0 saturated carbocycles. The van der Waals surface area contributed by atoms with E-state index in [-0.39, 0.29) is 21.5 Å². The fourth-order valence-electron chi connectivity index (χ4n) is 4.10. The van der Waals surface area contributed by atoms with Crippen LogP contribution in [0.3, 0.4) is 0 Å². The van der Waals surface area contributed by atoms with Crippen LogP contribution in [0.1, 0.15) is 60.1 Å². The van der Waals surface area contributed by atoms with E-state index in [0.29, 0.717) is 24.5 Å². The third-order valence-electron chi connectivity index (χ3n) is 5.68. The second-order valence-electron chi connectivity index (χ2n) is 7.80. The molecular weight excluding hydrogens is 422 g/mol. The zero-order valence-electron chi connectivity index (χ0n) is 17.0. The fourth-order valence-corrected chi connectivity index (χ4v) is 5.60. The summed E-state index contributed by atoms with van der Waals surface area (Å²) in [6.45, 7) is 4.55. The van der Waals surface area contributed by atoms with Gasteiger partial charge in [0.05, 0.1) is 22.3 Å². The molecule has 1 fully saturated rings. The number of anilines is 1. The average Bonchev–Trinajstić information content (AvgIpc) is 2.92. The van der Waals surface area contributed by atoms with Crippen molar-refractivity contribution < 1.29 is 13.2 Å². The number of hydrogen-bond donors (Lipinski definition) is 1. The van der Waals surface area contributed by atoms with Gasteiger partial charge in [0.15, 0.2) is 0 Å². The van der Waals surface area contributed by atoms with Crippen LogP contribution >= 0.6 is 11.6 Å². The minimum absolute atomic E-state index is 0.0336. The highest BCUT2D eigenvalue weighted by Crippen LogP contribution is 2.38. The van der Waals surface area contributed by atoms with Gasteiger partial charge in [-0.3, -0.25) is 4.79 Å². The normalized spacial score (nSPS) is 18.5. The first-order valence-corrected chi connectivity index (χ1v) is 11.9. The molecule has 2 aromatic carbocycles. The summed E-state index contributed by atoms with van der Waals surface area (Å²) in [7, 11) is -3.88. The summed E-state index contributed by atoms with van der Waals surface area (Å²) in [5.41, 5.74) is 2.70. The van der Waals surface area contributed by atoms with Crippen molar-refractivity contribution >= 4 is 39.1 Å². The van der Waals surface area contributed by atoms with Gasteiger partial charge in [0.1, 0.15) is 10.7 Å². The smallest absolute Gasteiger partial charge is 0.286 e. The maximum atomic E-state index is 13.0. The van der Waals surface area contributed by atoms with Crippen LogP contribution < -0.4 is 10.2 Å². The van der Waals surface area contributed by atoms with Gasteiger partial charge >= 0.3 is 0 Å². The van der Waals surface area contributed by atoms with E-state index >= 15 is 0 Å². The fraction of sp³-hybridized carbons (Fsp3) is 0.364. The Morgan fingerprint density at radius 3 is 2.73 bits per heavy atom. The van der Waals surface area contributed by atoms with Crippen LogP contribution in [0.2, 0.25) is 5.02 Å². The maximum Gasteiger partial charge on any atom is 0.286 e. The lowest BCUT2D eigenvalue weighted by Gasteiger charge is -2.30. The summed E-state index contributed by atoms with van der Waals surface area (Å²) in [5.74, 6) is 0.140. The Morgan fingerprint density at radius 2 is 1.97 bits per heavy atom. The molecule has 30 heavy (non-hydrogen) atoms. The molecule has 0 radical (unpaired) electrons. The SMILES string of the molecule is Cc1ccccc1C(C)NC(=O)c1cc2c(cc1Cl)N1CCCCCC1=NS2(=O)=O. The number of fused-ring (bicyclic) bond motifs is 3.